The second-order valence-corrected chi connectivity index (χ2v) is 22.5. The lowest BCUT2D eigenvalue weighted by Crippen LogP contribution is -2.47. The van der Waals surface area contributed by atoms with Crippen molar-refractivity contribution in [1.82, 2.24) is 0 Å². The minimum Gasteiger partial charge on any atom is -0.413 e. The number of aliphatic hydroxyl groups excluding tert-OH is 1. The second kappa shape index (κ2) is 11.6. The first kappa shape index (κ1) is 33.3. The van der Waals surface area contributed by atoms with Gasteiger partial charge in [0.1, 0.15) is 5.76 Å². The summed E-state index contributed by atoms with van der Waals surface area (Å²) in [6.07, 6.45) is 1.29. The van der Waals surface area contributed by atoms with E-state index >= 15 is 0 Å². The number of rotatable bonds is 12. The highest BCUT2D eigenvalue weighted by atomic mass is 32.2. The molecule has 0 amide bonds. The molecule has 0 aromatic heterocycles. The Bertz CT molecular complexity index is 810. The van der Waals surface area contributed by atoms with Gasteiger partial charge in [-0.05, 0) is 42.3 Å². The van der Waals surface area contributed by atoms with Crippen molar-refractivity contribution >= 4 is 26.8 Å². The maximum atomic E-state index is 12.9. The van der Waals surface area contributed by atoms with Crippen molar-refractivity contribution < 1.29 is 39.7 Å². The summed E-state index contributed by atoms with van der Waals surface area (Å²) in [5.74, 6) is -0.529. The summed E-state index contributed by atoms with van der Waals surface area (Å²) < 4.78 is 79.2. The molecule has 6 nitrogen and oxygen atoms in total. The average Bonchev–Trinajstić information content (AvgIpc) is 2.57. The molecule has 12 heteroatoms. The Balaban J connectivity index is 6.12. The molecule has 202 valence electrons. The zero-order valence-corrected chi connectivity index (χ0v) is 25.0. The van der Waals surface area contributed by atoms with E-state index in [-0.39, 0.29) is 22.9 Å². The van der Waals surface area contributed by atoms with Gasteiger partial charge in [-0.25, -0.2) is 0 Å². The van der Waals surface area contributed by atoms with Gasteiger partial charge in [-0.15, -0.1) is 6.58 Å². The number of alkyl halides is 3. The maximum absolute atomic E-state index is 12.9. The van der Waals surface area contributed by atoms with E-state index in [1.165, 1.54) is 0 Å². The van der Waals surface area contributed by atoms with Crippen LogP contribution in [0.3, 0.4) is 0 Å². The lowest BCUT2D eigenvalue weighted by atomic mass is 10.1. The Morgan fingerprint density at radius 1 is 0.971 bits per heavy atom. The van der Waals surface area contributed by atoms with E-state index in [9.17, 15) is 26.7 Å². The van der Waals surface area contributed by atoms with E-state index < -0.39 is 56.8 Å². The summed E-state index contributed by atoms with van der Waals surface area (Å²) in [5, 5.41) is 8.98. The Kier molecular flexibility index (Phi) is 11.4. The van der Waals surface area contributed by atoms with Gasteiger partial charge in [-0.2, -0.15) is 21.6 Å². The molecule has 1 N–H and O–H groups in total. The Labute approximate surface area is 205 Å². The van der Waals surface area contributed by atoms with Gasteiger partial charge in [0.15, 0.2) is 16.6 Å². The summed E-state index contributed by atoms with van der Waals surface area (Å²) in [6.45, 7) is 23.6. The van der Waals surface area contributed by atoms with E-state index in [1.807, 2.05) is 33.9 Å². The Hall–Kier alpha value is -0.666. The second-order valence-electron chi connectivity index (χ2n) is 11.4. The van der Waals surface area contributed by atoms with Crippen molar-refractivity contribution in [2.45, 2.75) is 108 Å². The largest absolute Gasteiger partial charge is 0.534 e. The van der Waals surface area contributed by atoms with Crippen LogP contribution in [-0.4, -0.2) is 54.5 Å². The lowest BCUT2D eigenvalue weighted by molar-refractivity contribution is -0.0527. The molecule has 0 fully saturated rings. The maximum Gasteiger partial charge on any atom is 0.534 e. The van der Waals surface area contributed by atoms with Crippen LogP contribution in [0.15, 0.2) is 24.5 Å². The van der Waals surface area contributed by atoms with Crippen LogP contribution >= 0.6 is 0 Å². The Morgan fingerprint density at radius 3 is 1.76 bits per heavy atom. The van der Waals surface area contributed by atoms with E-state index in [1.54, 1.807) is 6.08 Å². The molecule has 0 spiro atoms. The van der Waals surface area contributed by atoms with Gasteiger partial charge < -0.3 is 18.1 Å². The van der Waals surface area contributed by atoms with Crippen LogP contribution in [0, 0.1) is 0 Å². The summed E-state index contributed by atoms with van der Waals surface area (Å²) in [5.41, 5.74) is -5.59. The lowest BCUT2D eigenvalue weighted by Gasteiger charge is -2.42. The third kappa shape index (κ3) is 9.77. The van der Waals surface area contributed by atoms with Crippen molar-refractivity contribution in [3.05, 3.63) is 24.5 Å². The number of aliphatic hydroxyl groups is 1. The Morgan fingerprint density at radius 2 is 1.41 bits per heavy atom. The molecule has 0 aliphatic rings. The highest BCUT2D eigenvalue weighted by molar-refractivity contribution is 7.87. The first-order chi connectivity index (χ1) is 14.9. The van der Waals surface area contributed by atoms with Gasteiger partial charge in [0, 0.05) is 12.8 Å². The third-order valence-corrected chi connectivity index (χ3v) is 16.6. The number of hydrogen-bond acceptors (Lipinski definition) is 6. The molecule has 0 saturated heterocycles. The summed E-state index contributed by atoms with van der Waals surface area (Å²) >= 11 is 0. The van der Waals surface area contributed by atoms with Gasteiger partial charge >= 0.3 is 15.6 Å². The molecule has 34 heavy (non-hydrogen) atoms. The molecular formula is C22H43F3O6SSi2. The molecule has 0 aliphatic carbocycles. The zero-order chi connectivity index (χ0) is 27.4. The smallest absolute Gasteiger partial charge is 0.413 e. The van der Waals surface area contributed by atoms with Crippen LogP contribution in [0.4, 0.5) is 13.2 Å². The van der Waals surface area contributed by atoms with Crippen molar-refractivity contribution in [3.63, 3.8) is 0 Å². The van der Waals surface area contributed by atoms with Crippen molar-refractivity contribution in [2.24, 2.45) is 0 Å². The summed E-state index contributed by atoms with van der Waals surface area (Å²) in [4.78, 5) is 0. The minimum absolute atomic E-state index is 0.0874. The fourth-order valence-corrected chi connectivity index (χ4v) is 5.62. The summed E-state index contributed by atoms with van der Waals surface area (Å²) in [7, 11) is -10.5. The van der Waals surface area contributed by atoms with E-state index in [4.69, 9.17) is 8.85 Å². The standard InChI is InChI=1S/C22H43F3O6SSi2/c1-12-17(30-33(8,9)20(2,3)4)15-19(31-34(10,11)21(5,6)7)16-18(13-14-26)29-32(27,28)22(23,24)25/h12-13,17,19,26H,1,14-16H2,2-11H3/b18-13-. The minimum atomic E-state index is -5.89. The highest BCUT2D eigenvalue weighted by Crippen LogP contribution is 2.41. The molecule has 0 saturated carbocycles. The van der Waals surface area contributed by atoms with Gasteiger partial charge in [0.25, 0.3) is 0 Å². The van der Waals surface area contributed by atoms with E-state index in [0.717, 1.165) is 6.08 Å². The normalized spacial score (nSPS) is 16.8. The number of halogens is 3. The molecule has 2 atom stereocenters. The van der Waals surface area contributed by atoms with Crippen molar-refractivity contribution in [2.75, 3.05) is 6.61 Å². The van der Waals surface area contributed by atoms with Crippen LogP contribution in [0.1, 0.15) is 54.4 Å². The van der Waals surface area contributed by atoms with Gasteiger partial charge in [0.2, 0.25) is 0 Å². The van der Waals surface area contributed by atoms with Gasteiger partial charge in [-0.3, -0.25) is 0 Å². The molecule has 0 radical (unpaired) electrons. The third-order valence-electron chi connectivity index (χ3n) is 6.53. The topological polar surface area (TPSA) is 82.1 Å². The molecule has 0 aromatic carbocycles. The van der Waals surface area contributed by atoms with Gasteiger partial charge in [-0.1, -0.05) is 47.6 Å². The first-order valence-electron chi connectivity index (χ1n) is 11.2. The quantitative estimate of drug-likeness (QED) is 0.0989. The molecule has 0 aliphatic heterocycles. The predicted octanol–water partition coefficient (Wildman–Crippen LogP) is 6.48. The predicted molar refractivity (Wildman–Crippen MR) is 135 cm³/mol. The van der Waals surface area contributed by atoms with Crippen LogP contribution in [-0.2, 0) is 23.2 Å². The van der Waals surface area contributed by atoms with Crippen molar-refractivity contribution in [1.29, 1.82) is 0 Å². The van der Waals surface area contributed by atoms with Crippen LogP contribution < -0.4 is 0 Å². The highest BCUT2D eigenvalue weighted by Gasteiger charge is 2.49. The molecular weight excluding hydrogens is 505 g/mol. The molecule has 0 aromatic rings. The fourth-order valence-electron chi connectivity index (χ4n) is 2.44. The average molecular weight is 549 g/mol. The van der Waals surface area contributed by atoms with E-state index in [0.29, 0.717) is 0 Å². The molecule has 0 rings (SSSR count). The summed E-state index contributed by atoms with van der Waals surface area (Å²) in [6, 6.07) is 0. The molecule has 0 heterocycles. The molecule has 2 unspecified atom stereocenters. The van der Waals surface area contributed by atoms with E-state index in [2.05, 4.69) is 44.6 Å². The van der Waals surface area contributed by atoms with Gasteiger partial charge in [0.05, 0.1) is 18.8 Å². The first-order valence-corrected chi connectivity index (χ1v) is 18.4. The zero-order valence-electron chi connectivity index (χ0n) is 22.2. The van der Waals surface area contributed by atoms with Crippen molar-refractivity contribution in [3.8, 4) is 0 Å². The SMILES string of the molecule is C=CC(CC(C/C(=C/CO)OS(=O)(=O)C(F)(F)F)O[Si](C)(C)C(C)(C)C)O[Si](C)(C)C(C)(C)C. The van der Waals surface area contributed by atoms with Crippen LogP contribution in [0.25, 0.3) is 0 Å². The van der Waals surface area contributed by atoms with Crippen LogP contribution in [0.2, 0.25) is 36.3 Å². The monoisotopic (exact) mass is 548 g/mol. The van der Waals surface area contributed by atoms with Crippen LogP contribution in [0.5, 0.6) is 0 Å². The number of hydrogen-bond donors (Lipinski definition) is 1. The fraction of sp³-hybridized carbons (Fsp3) is 0.818. The molecule has 0 bridgehead atoms.